The summed E-state index contributed by atoms with van der Waals surface area (Å²) in [5.74, 6) is -1.60. The van der Waals surface area contributed by atoms with Gasteiger partial charge in [0.25, 0.3) is 11.6 Å². The molecule has 5 aromatic rings. The number of non-ortho nitro benzene ring substituents is 1. The predicted molar refractivity (Wildman–Crippen MR) is 164 cm³/mol. The number of amides is 1. The quantitative estimate of drug-likeness (QED) is 0.0574. The highest BCUT2D eigenvalue weighted by molar-refractivity contribution is 9.11. The molecule has 0 atom stereocenters. The van der Waals surface area contributed by atoms with E-state index < -0.39 is 28.5 Å². The SMILES string of the molecule is O=C(Oc1c(Br)cc(Br)cc1C=NNC(=O)c1[nH]c2c(C(F)(F)F)cccc2c1-c1ccccc1)c1ccc([N+](=O)[O-])cc1. The first-order chi connectivity index (χ1) is 20.9. The number of carbonyl (C=O) groups excluding carboxylic acids is 2. The van der Waals surface area contributed by atoms with Gasteiger partial charge in [0.05, 0.1) is 32.3 Å². The molecule has 0 spiro atoms. The molecule has 0 aliphatic rings. The smallest absolute Gasteiger partial charge is 0.418 e. The Morgan fingerprint density at radius 3 is 2.34 bits per heavy atom. The third-order valence-corrected chi connectivity index (χ3v) is 7.39. The Hall–Kier alpha value is -4.82. The van der Waals surface area contributed by atoms with Crippen molar-refractivity contribution >= 4 is 66.5 Å². The summed E-state index contributed by atoms with van der Waals surface area (Å²) < 4.78 is 47.8. The highest BCUT2D eigenvalue weighted by Crippen LogP contribution is 2.40. The number of rotatable bonds is 7. The number of nitrogens with zero attached hydrogens (tertiary/aromatic N) is 2. The van der Waals surface area contributed by atoms with Gasteiger partial charge in [0, 0.05) is 33.1 Å². The molecule has 4 aromatic carbocycles. The average molecular weight is 730 g/mol. The topological polar surface area (TPSA) is 127 Å². The van der Waals surface area contributed by atoms with E-state index >= 15 is 0 Å². The second kappa shape index (κ2) is 12.4. The minimum absolute atomic E-state index is 0.0277. The maximum Gasteiger partial charge on any atom is 0.418 e. The number of ether oxygens (including phenoxy) is 1. The first-order valence-electron chi connectivity index (χ1n) is 12.5. The zero-order valence-corrected chi connectivity index (χ0v) is 25.2. The second-order valence-corrected chi connectivity index (χ2v) is 10.9. The van der Waals surface area contributed by atoms with Crippen LogP contribution in [0.2, 0.25) is 0 Å². The van der Waals surface area contributed by atoms with E-state index in [-0.39, 0.29) is 44.7 Å². The lowest BCUT2D eigenvalue weighted by Crippen LogP contribution is -2.19. The number of benzene rings is 4. The van der Waals surface area contributed by atoms with Crippen molar-refractivity contribution in [1.82, 2.24) is 10.4 Å². The number of hydrogen-bond donors (Lipinski definition) is 2. The summed E-state index contributed by atoms with van der Waals surface area (Å²) in [6, 6.07) is 20.2. The predicted octanol–water partition coefficient (Wildman–Crippen LogP) is 8.27. The summed E-state index contributed by atoms with van der Waals surface area (Å²) in [5.41, 5.74) is 1.89. The second-order valence-electron chi connectivity index (χ2n) is 9.17. The first-order valence-corrected chi connectivity index (χ1v) is 14.1. The summed E-state index contributed by atoms with van der Waals surface area (Å²) in [5, 5.41) is 15.1. The Kier molecular flexibility index (Phi) is 8.65. The molecule has 1 amide bonds. The highest BCUT2D eigenvalue weighted by atomic mass is 79.9. The Morgan fingerprint density at radius 2 is 1.68 bits per heavy atom. The normalized spacial score (nSPS) is 11.6. The average Bonchev–Trinajstić information content (AvgIpc) is 3.38. The lowest BCUT2D eigenvalue weighted by atomic mass is 10.0. The standard InChI is InChI=1S/C30H17Br2F3N4O5/c31-19-13-18(27(23(32)14-19)44-29(41)17-9-11-20(12-10-17)39(42)43)15-36-38-28(40)26-24(16-5-2-1-3-6-16)21-7-4-8-22(25(21)37-26)30(33,34)35/h1-15,37H,(H,38,40). The monoisotopic (exact) mass is 728 g/mol. The molecule has 1 heterocycles. The molecule has 14 heteroatoms. The molecule has 0 saturated carbocycles. The van der Waals surface area contributed by atoms with Crippen LogP contribution in [-0.2, 0) is 6.18 Å². The molecule has 0 bridgehead atoms. The number of nitro benzene ring substituents is 1. The number of aromatic nitrogens is 1. The lowest BCUT2D eigenvalue weighted by Gasteiger charge is -2.10. The van der Waals surface area contributed by atoms with Gasteiger partial charge in [0.2, 0.25) is 0 Å². The van der Waals surface area contributed by atoms with Crippen LogP contribution < -0.4 is 10.2 Å². The number of H-pyrrole nitrogens is 1. The van der Waals surface area contributed by atoms with E-state index in [2.05, 4.69) is 47.4 Å². The number of nitro groups is 1. The summed E-state index contributed by atoms with van der Waals surface area (Å²) in [7, 11) is 0. The van der Waals surface area contributed by atoms with Crippen LogP contribution in [0.3, 0.4) is 0 Å². The molecule has 1 aromatic heterocycles. The van der Waals surface area contributed by atoms with Crippen LogP contribution in [0.4, 0.5) is 18.9 Å². The van der Waals surface area contributed by atoms with Gasteiger partial charge >= 0.3 is 12.1 Å². The minimum Gasteiger partial charge on any atom is -0.421 e. The molecule has 9 nitrogen and oxygen atoms in total. The third kappa shape index (κ3) is 6.40. The van der Waals surface area contributed by atoms with Crippen molar-refractivity contribution in [2.24, 2.45) is 5.10 Å². The van der Waals surface area contributed by atoms with Gasteiger partial charge < -0.3 is 9.72 Å². The van der Waals surface area contributed by atoms with Gasteiger partial charge in [0.15, 0.2) is 5.75 Å². The first kappa shape index (κ1) is 30.6. The van der Waals surface area contributed by atoms with Crippen molar-refractivity contribution in [2.45, 2.75) is 6.18 Å². The van der Waals surface area contributed by atoms with Gasteiger partial charge in [-0.1, -0.05) is 58.4 Å². The Labute approximate surface area is 263 Å². The summed E-state index contributed by atoms with van der Waals surface area (Å²) in [6.45, 7) is 0. The Balaban J connectivity index is 1.46. The van der Waals surface area contributed by atoms with Crippen LogP contribution in [0.25, 0.3) is 22.0 Å². The third-order valence-electron chi connectivity index (χ3n) is 6.34. The Morgan fingerprint density at radius 1 is 0.977 bits per heavy atom. The fourth-order valence-corrected chi connectivity index (χ4v) is 5.74. The molecule has 5 rings (SSSR count). The minimum atomic E-state index is -4.67. The van der Waals surface area contributed by atoms with E-state index in [9.17, 15) is 32.9 Å². The van der Waals surface area contributed by atoms with Gasteiger partial charge in [0.1, 0.15) is 5.69 Å². The number of para-hydroxylation sites is 1. The van der Waals surface area contributed by atoms with E-state index in [1.807, 2.05) is 0 Å². The summed E-state index contributed by atoms with van der Waals surface area (Å²) in [6.07, 6.45) is -3.47. The number of fused-ring (bicyclic) bond motifs is 1. The number of esters is 1. The molecule has 0 unspecified atom stereocenters. The summed E-state index contributed by atoms with van der Waals surface area (Å²) >= 11 is 6.66. The van der Waals surface area contributed by atoms with Crippen LogP contribution in [0.1, 0.15) is 32.0 Å². The van der Waals surface area contributed by atoms with E-state index in [0.29, 0.717) is 14.5 Å². The largest absolute Gasteiger partial charge is 0.421 e. The van der Waals surface area contributed by atoms with Crippen LogP contribution >= 0.6 is 31.9 Å². The number of hydrogen-bond acceptors (Lipinski definition) is 6. The molecule has 0 fully saturated rings. The zero-order valence-electron chi connectivity index (χ0n) is 22.0. The maximum atomic E-state index is 13.8. The molecule has 2 N–H and O–H groups in total. The fraction of sp³-hybridized carbons (Fsp3) is 0.0333. The van der Waals surface area contributed by atoms with E-state index in [1.165, 1.54) is 30.5 Å². The zero-order chi connectivity index (χ0) is 31.6. The van der Waals surface area contributed by atoms with Crippen LogP contribution in [-0.4, -0.2) is 28.0 Å². The van der Waals surface area contributed by atoms with Gasteiger partial charge in [-0.3, -0.25) is 14.9 Å². The van der Waals surface area contributed by atoms with Crippen molar-refractivity contribution in [3.63, 3.8) is 0 Å². The number of alkyl halides is 3. The molecule has 0 aliphatic carbocycles. The van der Waals surface area contributed by atoms with Gasteiger partial charge in [-0.05, 0) is 51.8 Å². The lowest BCUT2D eigenvalue weighted by molar-refractivity contribution is -0.384. The molecule has 222 valence electrons. The molecule has 44 heavy (non-hydrogen) atoms. The molecular weight excluding hydrogens is 713 g/mol. The van der Waals surface area contributed by atoms with Gasteiger partial charge in [-0.2, -0.15) is 18.3 Å². The van der Waals surface area contributed by atoms with Crippen LogP contribution in [0, 0.1) is 10.1 Å². The molecular formula is C30H17Br2F3N4O5. The highest BCUT2D eigenvalue weighted by Gasteiger charge is 2.34. The van der Waals surface area contributed by atoms with Crippen molar-refractivity contribution in [3.8, 4) is 16.9 Å². The van der Waals surface area contributed by atoms with E-state index in [4.69, 9.17) is 4.74 Å². The number of aromatic amines is 1. The number of halogens is 5. The number of nitrogens with one attached hydrogen (secondary N) is 2. The summed E-state index contributed by atoms with van der Waals surface area (Å²) in [4.78, 5) is 39.1. The molecule has 0 saturated heterocycles. The van der Waals surface area contributed by atoms with Crippen molar-refractivity contribution in [2.75, 3.05) is 0 Å². The maximum absolute atomic E-state index is 13.8. The Bertz CT molecular complexity index is 1940. The van der Waals surface area contributed by atoms with Gasteiger partial charge in [-0.25, -0.2) is 10.2 Å². The van der Waals surface area contributed by atoms with E-state index in [0.717, 1.165) is 18.2 Å². The van der Waals surface area contributed by atoms with Crippen molar-refractivity contribution in [3.05, 3.63) is 126 Å². The molecule has 0 aliphatic heterocycles. The number of hydrazone groups is 1. The van der Waals surface area contributed by atoms with E-state index in [1.54, 1.807) is 42.5 Å². The van der Waals surface area contributed by atoms with Crippen LogP contribution in [0.15, 0.2) is 99.0 Å². The van der Waals surface area contributed by atoms with Crippen molar-refractivity contribution < 1.29 is 32.4 Å². The fourth-order valence-electron chi connectivity index (χ4n) is 4.40. The van der Waals surface area contributed by atoms with Crippen molar-refractivity contribution in [1.29, 1.82) is 0 Å². The van der Waals surface area contributed by atoms with Gasteiger partial charge in [-0.15, -0.1) is 0 Å². The van der Waals surface area contributed by atoms with Crippen LogP contribution in [0.5, 0.6) is 5.75 Å². The molecule has 0 radical (unpaired) electrons. The number of carbonyl (C=O) groups is 2.